The normalized spacial score (nSPS) is 15.8. The van der Waals surface area contributed by atoms with Gasteiger partial charge in [-0.2, -0.15) is 0 Å². The van der Waals surface area contributed by atoms with Crippen LogP contribution in [0.3, 0.4) is 0 Å². The zero-order valence-electron chi connectivity index (χ0n) is 9.37. The lowest BCUT2D eigenvalue weighted by molar-refractivity contribution is -0.428. The number of aliphatic carboxylic acids is 1. The van der Waals surface area contributed by atoms with Crippen LogP contribution < -0.4 is 10.8 Å². The van der Waals surface area contributed by atoms with Gasteiger partial charge in [0.05, 0.1) is 0 Å². The van der Waals surface area contributed by atoms with Crippen LogP contribution in [0, 0.1) is 0 Å². The van der Waals surface area contributed by atoms with Crippen LogP contribution in [0.15, 0.2) is 18.2 Å². The zero-order chi connectivity index (χ0) is 11.5. The first kappa shape index (κ1) is 11.1. The van der Waals surface area contributed by atoms with Gasteiger partial charge in [0.1, 0.15) is 6.04 Å². The number of carbonyl (C=O) groups is 1. The molecule has 16 heavy (non-hydrogen) atoms. The van der Waals surface area contributed by atoms with Crippen molar-refractivity contribution in [3.8, 4) is 0 Å². The number of carbonyl (C=O) groups excluding carboxylic acids is 1. The summed E-state index contributed by atoms with van der Waals surface area (Å²) in [5, 5.41) is 10.4. The highest BCUT2D eigenvalue weighted by atomic mass is 16.4. The van der Waals surface area contributed by atoms with E-state index in [1.54, 1.807) is 0 Å². The fourth-order valence-corrected chi connectivity index (χ4v) is 2.30. The van der Waals surface area contributed by atoms with Crippen molar-refractivity contribution in [2.24, 2.45) is 0 Å². The third kappa shape index (κ3) is 2.42. The molecule has 0 fully saturated rings. The molecule has 0 unspecified atom stereocenters. The van der Waals surface area contributed by atoms with Crippen molar-refractivity contribution in [1.82, 2.24) is 0 Å². The average molecular weight is 219 g/mol. The number of carboxylic acid groups (broad SMARTS) is 1. The van der Waals surface area contributed by atoms with Crippen molar-refractivity contribution in [3.05, 3.63) is 34.9 Å². The number of hydrogen-bond acceptors (Lipinski definition) is 2. The fourth-order valence-electron chi connectivity index (χ4n) is 2.30. The van der Waals surface area contributed by atoms with E-state index in [0.717, 1.165) is 12.0 Å². The van der Waals surface area contributed by atoms with E-state index in [4.69, 9.17) is 0 Å². The first-order valence-electron chi connectivity index (χ1n) is 5.81. The van der Waals surface area contributed by atoms with E-state index in [2.05, 4.69) is 23.9 Å². The van der Waals surface area contributed by atoms with Crippen molar-refractivity contribution in [1.29, 1.82) is 0 Å². The van der Waals surface area contributed by atoms with Crippen molar-refractivity contribution >= 4 is 5.97 Å². The van der Waals surface area contributed by atoms with Gasteiger partial charge in [0.15, 0.2) is 0 Å². The highest BCUT2D eigenvalue weighted by molar-refractivity contribution is 5.64. The standard InChI is InChI=1S/C13H17NO2/c14-12(6-7-13(15)16)11-5-4-9-2-1-3-10(9)8-11/h4-5,8,12H,1-3,6-7,14H2,(H,15,16)/t12-/m0/s1. The Kier molecular flexibility index (Phi) is 3.25. The third-order valence-corrected chi connectivity index (χ3v) is 3.29. The summed E-state index contributed by atoms with van der Waals surface area (Å²) in [6.07, 6.45) is 4.21. The van der Waals surface area contributed by atoms with Crippen LogP contribution in [0.2, 0.25) is 0 Å². The molecule has 86 valence electrons. The minimum atomic E-state index is -0.991. The molecule has 1 aromatic carbocycles. The van der Waals surface area contributed by atoms with Gasteiger partial charge < -0.3 is 15.6 Å². The first-order valence-corrected chi connectivity index (χ1v) is 5.81. The molecule has 1 atom stereocenters. The molecule has 0 aromatic heterocycles. The zero-order valence-corrected chi connectivity index (χ0v) is 9.37. The second kappa shape index (κ2) is 4.66. The molecule has 0 aliphatic heterocycles. The van der Waals surface area contributed by atoms with E-state index >= 15 is 0 Å². The maximum Gasteiger partial charge on any atom is 0.110 e. The van der Waals surface area contributed by atoms with E-state index < -0.39 is 5.97 Å². The quantitative estimate of drug-likeness (QED) is 0.773. The molecule has 3 N–H and O–H groups in total. The topological polar surface area (TPSA) is 67.8 Å². The van der Waals surface area contributed by atoms with Crippen molar-refractivity contribution in [2.75, 3.05) is 0 Å². The van der Waals surface area contributed by atoms with Crippen LogP contribution in [0.4, 0.5) is 0 Å². The van der Waals surface area contributed by atoms with Crippen LogP contribution in [0.1, 0.15) is 42.0 Å². The smallest absolute Gasteiger partial charge is 0.110 e. The molecule has 0 heterocycles. The number of hydrogen-bond donors (Lipinski definition) is 1. The molecule has 0 saturated carbocycles. The van der Waals surface area contributed by atoms with Gasteiger partial charge in [-0.3, -0.25) is 0 Å². The second-order valence-electron chi connectivity index (χ2n) is 4.49. The van der Waals surface area contributed by atoms with E-state index in [9.17, 15) is 9.90 Å². The summed E-state index contributed by atoms with van der Waals surface area (Å²) in [5.74, 6) is -0.991. The number of aryl methyl sites for hydroxylation is 2. The number of benzene rings is 1. The van der Waals surface area contributed by atoms with E-state index in [1.165, 1.54) is 24.0 Å². The summed E-state index contributed by atoms with van der Waals surface area (Å²) >= 11 is 0. The Morgan fingerprint density at radius 3 is 2.88 bits per heavy atom. The molecule has 0 spiro atoms. The summed E-state index contributed by atoms with van der Waals surface area (Å²) in [4.78, 5) is 10.4. The molecular weight excluding hydrogens is 202 g/mol. The molecular formula is C13H17NO2. The highest BCUT2D eigenvalue weighted by Crippen LogP contribution is 2.25. The summed E-state index contributed by atoms with van der Waals surface area (Å²) in [6.45, 7) is 0. The van der Waals surface area contributed by atoms with E-state index in [1.807, 2.05) is 0 Å². The molecule has 0 amide bonds. The van der Waals surface area contributed by atoms with Crippen LogP contribution in [0.25, 0.3) is 0 Å². The predicted molar refractivity (Wildman–Crippen MR) is 58.3 cm³/mol. The number of fused-ring (bicyclic) bond motifs is 1. The van der Waals surface area contributed by atoms with E-state index in [0.29, 0.717) is 6.42 Å². The summed E-state index contributed by atoms with van der Waals surface area (Å²) < 4.78 is 0. The number of carboxylic acids is 1. The lowest BCUT2D eigenvalue weighted by Crippen LogP contribution is -2.53. The monoisotopic (exact) mass is 219 g/mol. The van der Waals surface area contributed by atoms with Crippen LogP contribution in [-0.2, 0) is 17.6 Å². The Bertz CT molecular complexity index is 401. The van der Waals surface area contributed by atoms with Crippen LogP contribution in [0.5, 0.6) is 0 Å². The van der Waals surface area contributed by atoms with Gasteiger partial charge in [0, 0.05) is 18.0 Å². The lowest BCUT2D eigenvalue weighted by Gasteiger charge is -2.11. The van der Waals surface area contributed by atoms with Crippen molar-refractivity contribution < 1.29 is 15.6 Å². The van der Waals surface area contributed by atoms with Crippen molar-refractivity contribution in [3.63, 3.8) is 0 Å². The third-order valence-electron chi connectivity index (χ3n) is 3.29. The maximum atomic E-state index is 10.4. The second-order valence-corrected chi connectivity index (χ2v) is 4.49. The van der Waals surface area contributed by atoms with Gasteiger partial charge in [-0.05, 0) is 42.9 Å². The minimum absolute atomic E-state index is 0.0591. The average Bonchev–Trinajstić information content (AvgIpc) is 2.72. The Labute approximate surface area is 95.3 Å². The molecule has 2 rings (SSSR count). The fraction of sp³-hybridized carbons (Fsp3) is 0.462. The van der Waals surface area contributed by atoms with Gasteiger partial charge in [0.2, 0.25) is 0 Å². The van der Waals surface area contributed by atoms with Crippen molar-refractivity contribution in [2.45, 2.75) is 38.1 Å². The van der Waals surface area contributed by atoms with Crippen LogP contribution >= 0.6 is 0 Å². The molecule has 1 aromatic rings. The molecule has 1 aliphatic rings. The van der Waals surface area contributed by atoms with Gasteiger partial charge >= 0.3 is 0 Å². The molecule has 0 bridgehead atoms. The number of rotatable bonds is 4. The Hall–Kier alpha value is -1.35. The summed E-state index contributed by atoms with van der Waals surface area (Å²) in [6, 6.07) is 6.49. The first-order chi connectivity index (χ1) is 7.66. The van der Waals surface area contributed by atoms with Gasteiger partial charge in [-0.15, -0.1) is 0 Å². The van der Waals surface area contributed by atoms with Gasteiger partial charge in [-0.25, -0.2) is 0 Å². The van der Waals surface area contributed by atoms with Gasteiger partial charge in [-0.1, -0.05) is 12.1 Å². The summed E-state index contributed by atoms with van der Waals surface area (Å²) in [5.41, 5.74) is 8.03. The predicted octanol–water partition coefficient (Wildman–Crippen LogP) is -0.0116. The van der Waals surface area contributed by atoms with Gasteiger partial charge in [0.25, 0.3) is 0 Å². The molecule has 3 nitrogen and oxygen atoms in total. The molecule has 0 radical (unpaired) electrons. The summed E-state index contributed by atoms with van der Waals surface area (Å²) in [7, 11) is 0. The lowest BCUT2D eigenvalue weighted by atomic mass is 9.99. The largest absolute Gasteiger partial charge is 0.550 e. The highest BCUT2D eigenvalue weighted by Gasteiger charge is 2.15. The number of quaternary nitrogens is 1. The maximum absolute atomic E-state index is 10.4. The Balaban J connectivity index is 2.06. The molecule has 0 saturated heterocycles. The Morgan fingerprint density at radius 2 is 2.12 bits per heavy atom. The molecule has 3 heteroatoms. The SMILES string of the molecule is [NH3+][C@@H](CCC(=O)[O-])c1ccc2c(c1)CCC2. The minimum Gasteiger partial charge on any atom is -0.550 e. The molecule has 1 aliphatic carbocycles. The van der Waals surface area contributed by atoms with E-state index in [-0.39, 0.29) is 12.5 Å². The Morgan fingerprint density at radius 1 is 1.38 bits per heavy atom. The van der Waals surface area contributed by atoms with Crippen LogP contribution in [-0.4, -0.2) is 5.97 Å².